The van der Waals surface area contributed by atoms with Crippen molar-refractivity contribution in [2.75, 3.05) is 7.11 Å². The molecule has 1 N–H and O–H groups in total. The maximum Gasteiger partial charge on any atom is 0.295 e. The molecule has 1 atom stereocenters. The number of aliphatic hydroxyl groups excluding tert-OH is 1. The number of methoxy groups -OCH3 is 1. The molecule has 1 amide bonds. The minimum atomic E-state index is -0.726. The Hall–Kier alpha value is -3.93. The smallest absolute Gasteiger partial charge is 0.295 e. The van der Waals surface area contributed by atoms with Crippen LogP contribution in [0.25, 0.3) is 5.76 Å². The Morgan fingerprint density at radius 1 is 1.03 bits per heavy atom. The number of amides is 1. The zero-order valence-corrected chi connectivity index (χ0v) is 19.8. The molecular formula is C28H28N2O4. The topological polar surface area (TPSA) is 79.7 Å². The third-order valence-electron chi connectivity index (χ3n) is 6.07. The molecule has 0 saturated carbocycles. The number of hydrogen-bond donors (Lipinski definition) is 1. The summed E-state index contributed by atoms with van der Waals surface area (Å²) in [6.07, 6.45) is 3.33. The van der Waals surface area contributed by atoms with E-state index in [-0.39, 0.29) is 23.3 Å². The van der Waals surface area contributed by atoms with Gasteiger partial charge in [0.2, 0.25) is 0 Å². The standard InChI is InChI=1S/C28H28N2O4/c1-28(2,3)21-11-7-19(8-12-21)24-23(25(31)20-9-13-22(34-4)14-10-20)26(32)27(33)30(24)17-18-6-5-15-29-16-18/h5-16,24,31H,17H2,1-4H3/t24-/m1/s1. The number of likely N-dealkylation sites (tertiary alicyclic amines) is 1. The van der Waals surface area contributed by atoms with Gasteiger partial charge in [-0.1, -0.05) is 51.1 Å². The fourth-order valence-electron chi connectivity index (χ4n) is 4.15. The highest BCUT2D eigenvalue weighted by molar-refractivity contribution is 6.46. The van der Waals surface area contributed by atoms with Crippen LogP contribution in [0, 0.1) is 0 Å². The second-order valence-corrected chi connectivity index (χ2v) is 9.39. The van der Waals surface area contributed by atoms with Crippen molar-refractivity contribution >= 4 is 17.4 Å². The summed E-state index contributed by atoms with van der Waals surface area (Å²) >= 11 is 0. The number of benzene rings is 2. The molecule has 4 rings (SSSR count). The molecule has 0 radical (unpaired) electrons. The van der Waals surface area contributed by atoms with Gasteiger partial charge >= 0.3 is 0 Å². The molecule has 2 aromatic carbocycles. The van der Waals surface area contributed by atoms with E-state index in [0.29, 0.717) is 11.3 Å². The molecule has 0 bridgehead atoms. The summed E-state index contributed by atoms with van der Waals surface area (Å²) in [5, 5.41) is 11.2. The van der Waals surface area contributed by atoms with Crippen LogP contribution in [0.15, 0.2) is 78.6 Å². The van der Waals surface area contributed by atoms with Crippen molar-refractivity contribution in [2.24, 2.45) is 0 Å². The van der Waals surface area contributed by atoms with Crippen molar-refractivity contribution < 1.29 is 19.4 Å². The highest BCUT2D eigenvalue weighted by atomic mass is 16.5. The zero-order valence-electron chi connectivity index (χ0n) is 19.8. The van der Waals surface area contributed by atoms with Crippen LogP contribution in [-0.2, 0) is 21.5 Å². The van der Waals surface area contributed by atoms with Gasteiger partial charge in [0.1, 0.15) is 11.5 Å². The first-order valence-electron chi connectivity index (χ1n) is 11.1. The molecule has 3 aromatic rings. The van der Waals surface area contributed by atoms with E-state index in [1.807, 2.05) is 30.3 Å². The number of rotatable bonds is 5. The number of pyridine rings is 1. The first-order chi connectivity index (χ1) is 16.2. The Kier molecular flexibility index (Phi) is 6.24. The maximum atomic E-state index is 13.2. The fraction of sp³-hybridized carbons (Fsp3) is 0.250. The lowest BCUT2D eigenvalue weighted by atomic mass is 9.85. The molecule has 1 aromatic heterocycles. The zero-order chi connectivity index (χ0) is 24.5. The predicted octanol–water partition coefficient (Wildman–Crippen LogP) is 5.01. The molecular weight excluding hydrogens is 428 g/mol. The van der Waals surface area contributed by atoms with Gasteiger partial charge in [-0.25, -0.2) is 0 Å². The van der Waals surface area contributed by atoms with E-state index in [9.17, 15) is 14.7 Å². The van der Waals surface area contributed by atoms with Gasteiger partial charge in [-0.3, -0.25) is 14.6 Å². The summed E-state index contributed by atoms with van der Waals surface area (Å²) in [6.45, 7) is 6.57. The molecule has 6 nitrogen and oxygen atoms in total. The van der Waals surface area contributed by atoms with Gasteiger partial charge in [-0.05, 0) is 52.4 Å². The number of hydrogen-bond acceptors (Lipinski definition) is 5. The molecule has 1 aliphatic heterocycles. The van der Waals surface area contributed by atoms with Crippen molar-refractivity contribution in [1.29, 1.82) is 0 Å². The lowest BCUT2D eigenvalue weighted by molar-refractivity contribution is -0.140. The van der Waals surface area contributed by atoms with E-state index in [2.05, 4.69) is 25.8 Å². The van der Waals surface area contributed by atoms with Gasteiger partial charge < -0.3 is 14.7 Å². The Morgan fingerprint density at radius 3 is 2.26 bits per heavy atom. The predicted molar refractivity (Wildman–Crippen MR) is 130 cm³/mol. The molecule has 6 heteroatoms. The van der Waals surface area contributed by atoms with Crippen LogP contribution >= 0.6 is 0 Å². The molecule has 1 aliphatic rings. The lowest BCUT2D eigenvalue weighted by Crippen LogP contribution is -2.29. The van der Waals surface area contributed by atoms with Crippen LogP contribution in [0.1, 0.15) is 49.1 Å². The lowest BCUT2D eigenvalue weighted by Gasteiger charge is -2.26. The molecule has 1 fully saturated rings. The van der Waals surface area contributed by atoms with Crippen molar-refractivity contribution in [3.63, 3.8) is 0 Å². The highest BCUT2D eigenvalue weighted by Crippen LogP contribution is 2.41. The largest absolute Gasteiger partial charge is 0.507 e. The Labute approximate surface area is 199 Å². The monoisotopic (exact) mass is 456 g/mol. The van der Waals surface area contributed by atoms with E-state index in [4.69, 9.17) is 4.74 Å². The molecule has 0 aliphatic carbocycles. The molecule has 0 spiro atoms. The van der Waals surface area contributed by atoms with Crippen molar-refractivity contribution in [2.45, 2.75) is 38.8 Å². The second-order valence-electron chi connectivity index (χ2n) is 9.39. The summed E-state index contributed by atoms with van der Waals surface area (Å²) < 4.78 is 5.19. The Morgan fingerprint density at radius 2 is 1.71 bits per heavy atom. The van der Waals surface area contributed by atoms with Gasteiger partial charge in [-0.2, -0.15) is 0 Å². The maximum absolute atomic E-state index is 13.2. The summed E-state index contributed by atoms with van der Waals surface area (Å²) in [6, 6.07) is 17.5. The molecule has 174 valence electrons. The van der Waals surface area contributed by atoms with Crippen LogP contribution in [0.4, 0.5) is 0 Å². The Balaban J connectivity index is 1.84. The van der Waals surface area contributed by atoms with Crippen molar-refractivity contribution in [1.82, 2.24) is 9.88 Å². The van der Waals surface area contributed by atoms with Gasteiger partial charge in [0.25, 0.3) is 11.7 Å². The quantitative estimate of drug-likeness (QED) is 0.332. The normalized spacial score (nSPS) is 17.8. The van der Waals surface area contributed by atoms with Crippen LogP contribution in [0.3, 0.4) is 0 Å². The molecule has 34 heavy (non-hydrogen) atoms. The van der Waals surface area contributed by atoms with Gasteiger partial charge in [-0.15, -0.1) is 0 Å². The van der Waals surface area contributed by atoms with Crippen LogP contribution in [0.5, 0.6) is 5.75 Å². The minimum absolute atomic E-state index is 0.0425. The van der Waals surface area contributed by atoms with Gasteiger partial charge in [0.05, 0.1) is 18.7 Å². The van der Waals surface area contributed by atoms with E-state index < -0.39 is 17.7 Å². The van der Waals surface area contributed by atoms with E-state index >= 15 is 0 Å². The SMILES string of the molecule is COc1ccc(C(O)=C2C(=O)C(=O)N(Cc3cccnc3)[C@@H]2c2ccc(C(C)(C)C)cc2)cc1. The van der Waals surface area contributed by atoms with Gasteiger partial charge in [0.15, 0.2) is 0 Å². The van der Waals surface area contributed by atoms with Crippen LogP contribution < -0.4 is 4.74 Å². The summed E-state index contributed by atoms with van der Waals surface area (Å²) in [7, 11) is 1.56. The third kappa shape index (κ3) is 4.44. The number of carbonyl (C=O) groups is 2. The summed E-state index contributed by atoms with van der Waals surface area (Å²) in [4.78, 5) is 32.0. The van der Waals surface area contributed by atoms with Crippen molar-refractivity contribution in [3.8, 4) is 5.75 Å². The number of nitrogens with zero attached hydrogens (tertiary/aromatic N) is 2. The summed E-state index contributed by atoms with van der Waals surface area (Å²) in [5.74, 6) is -0.937. The minimum Gasteiger partial charge on any atom is -0.507 e. The number of aromatic nitrogens is 1. The number of Topliss-reactive ketones (excluding diaryl/α,β-unsaturated/α-hetero) is 1. The van der Waals surface area contributed by atoms with Crippen molar-refractivity contribution in [3.05, 3.63) is 101 Å². The van der Waals surface area contributed by atoms with E-state index in [1.54, 1.807) is 49.8 Å². The molecule has 1 saturated heterocycles. The van der Waals surface area contributed by atoms with Crippen LogP contribution in [-0.4, -0.2) is 33.8 Å². The molecule has 2 heterocycles. The first-order valence-corrected chi connectivity index (χ1v) is 11.1. The number of aliphatic hydroxyl groups is 1. The first kappa shape index (κ1) is 23.2. The summed E-state index contributed by atoms with van der Waals surface area (Å²) in [5.41, 5.74) is 3.16. The van der Waals surface area contributed by atoms with E-state index in [1.165, 1.54) is 4.90 Å². The number of carbonyl (C=O) groups excluding carboxylic acids is 2. The Bertz CT molecular complexity index is 1220. The third-order valence-corrected chi connectivity index (χ3v) is 6.07. The fourth-order valence-corrected chi connectivity index (χ4v) is 4.15. The van der Waals surface area contributed by atoms with Crippen LogP contribution in [0.2, 0.25) is 0 Å². The second kappa shape index (κ2) is 9.14. The number of ether oxygens (including phenoxy) is 1. The highest BCUT2D eigenvalue weighted by Gasteiger charge is 2.46. The average Bonchev–Trinajstić information content (AvgIpc) is 3.09. The van der Waals surface area contributed by atoms with E-state index in [0.717, 1.165) is 16.7 Å². The number of ketones is 1. The molecule has 0 unspecified atom stereocenters. The van der Waals surface area contributed by atoms with Gasteiger partial charge in [0, 0.05) is 24.5 Å². The average molecular weight is 457 g/mol.